The van der Waals surface area contributed by atoms with E-state index in [1.807, 2.05) is 0 Å². The van der Waals surface area contributed by atoms with Crippen LogP contribution in [-0.4, -0.2) is 28.4 Å². The van der Waals surface area contributed by atoms with Gasteiger partial charge in [-0.2, -0.15) is 5.10 Å². The largest absolute Gasteiger partial charge is 0.461 e. The molecule has 7 nitrogen and oxygen atoms in total. The van der Waals surface area contributed by atoms with Crippen molar-refractivity contribution in [1.29, 1.82) is 0 Å². The average Bonchev–Trinajstić information content (AvgIpc) is 2.68. The lowest BCUT2D eigenvalue weighted by Gasteiger charge is -2.04. The van der Waals surface area contributed by atoms with Crippen LogP contribution in [0.4, 0.5) is 0 Å². The zero-order valence-electron chi connectivity index (χ0n) is 10.1. The lowest BCUT2D eigenvalue weighted by molar-refractivity contribution is 0.0514. The molecule has 0 atom stereocenters. The average molecular weight is 270 g/mol. The number of thiocarbonyl (C=S) groups is 1. The molecular formula is C10H14N4O3S. The van der Waals surface area contributed by atoms with Gasteiger partial charge in [0.15, 0.2) is 0 Å². The zero-order chi connectivity index (χ0) is 13.7. The molecule has 0 saturated carbocycles. The number of nitrogens with zero attached hydrogens (tertiary/aromatic N) is 2. The maximum atomic E-state index is 11.7. The van der Waals surface area contributed by atoms with Gasteiger partial charge >= 0.3 is 5.97 Å². The molecule has 1 aromatic rings. The van der Waals surface area contributed by atoms with Crippen molar-refractivity contribution in [3.8, 4) is 0 Å². The van der Waals surface area contributed by atoms with E-state index < -0.39 is 5.97 Å². The minimum absolute atomic E-state index is 0.0230. The summed E-state index contributed by atoms with van der Waals surface area (Å²) in [6.45, 7) is 3.56. The molecule has 0 aromatic carbocycles. The van der Waals surface area contributed by atoms with E-state index in [1.54, 1.807) is 13.8 Å². The Bertz CT molecular complexity index is 495. The maximum absolute atomic E-state index is 11.7. The highest BCUT2D eigenvalue weighted by molar-refractivity contribution is 7.80. The van der Waals surface area contributed by atoms with Crippen molar-refractivity contribution in [2.45, 2.75) is 20.3 Å². The second-order valence-electron chi connectivity index (χ2n) is 3.40. The third-order valence-corrected chi connectivity index (χ3v) is 2.26. The molecule has 0 unspecified atom stereocenters. The fourth-order valence-corrected chi connectivity index (χ4v) is 1.55. The molecule has 4 N–H and O–H groups in total. The van der Waals surface area contributed by atoms with Crippen molar-refractivity contribution in [3.63, 3.8) is 0 Å². The van der Waals surface area contributed by atoms with Crippen LogP contribution in [0.3, 0.4) is 0 Å². The Labute approximate surface area is 109 Å². The highest BCUT2D eigenvalue weighted by Crippen LogP contribution is 2.17. The summed E-state index contributed by atoms with van der Waals surface area (Å²) in [6, 6.07) is 0. The number of esters is 1. The number of hydrogen-bond acceptors (Lipinski definition) is 7. The Hall–Kier alpha value is -1.96. The number of hydrogen-bond donors (Lipinski definition) is 2. The number of aromatic nitrogens is 1. The summed E-state index contributed by atoms with van der Waals surface area (Å²) in [7, 11) is 0. The monoisotopic (exact) mass is 270 g/mol. The van der Waals surface area contributed by atoms with Crippen LogP contribution in [0.1, 0.15) is 35.2 Å². The number of nitrogens with two attached hydrogens (primary N) is 2. The molecule has 0 saturated heterocycles. The minimum atomic E-state index is -0.603. The van der Waals surface area contributed by atoms with Gasteiger partial charge in [0.05, 0.1) is 22.9 Å². The molecule has 0 aliphatic rings. The van der Waals surface area contributed by atoms with Crippen molar-refractivity contribution < 1.29 is 14.1 Å². The Morgan fingerprint density at radius 1 is 1.61 bits per heavy atom. The van der Waals surface area contributed by atoms with Crippen LogP contribution in [0.5, 0.6) is 0 Å². The van der Waals surface area contributed by atoms with Gasteiger partial charge in [0.1, 0.15) is 5.76 Å². The number of hydrazone groups is 1. The molecule has 98 valence electrons. The first-order valence-corrected chi connectivity index (χ1v) is 5.60. The molecule has 18 heavy (non-hydrogen) atoms. The highest BCUT2D eigenvalue weighted by Gasteiger charge is 2.25. The molecule has 1 heterocycles. The lowest BCUT2D eigenvalue weighted by atomic mass is 10.1. The van der Waals surface area contributed by atoms with Gasteiger partial charge in [-0.3, -0.25) is 0 Å². The molecule has 8 heteroatoms. The van der Waals surface area contributed by atoms with Crippen LogP contribution in [-0.2, 0) is 4.74 Å². The first-order chi connectivity index (χ1) is 8.51. The fraction of sp³-hybridized carbons (Fsp3) is 0.400. The molecule has 0 aliphatic carbocycles. The molecule has 0 amide bonds. The summed E-state index contributed by atoms with van der Waals surface area (Å²) < 4.78 is 9.82. The molecule has 0 aliphatic heterocycles. The molecule has 1 aromatic heterocycles. The van der Waals surface area contributed by atoms with E-state index in [0.717, 1.165) is 0 Å². The molecule has 0 radical (unpaired) electrons. The van der Waals surface area contributed by atoms with E-state index in [-0.39, 0.29) is 23.7 Å². The normalized spacial score (nSPS) is 11.3. The van der Waals surface area contributed by atoms with Crippen LogP contribution >= 0.6 is 12.2 Å². The third-order valence-electron chi connectivity index (χ3n) is 2.12. The van der Waals surface area contributed by atoms with Crippen molar-refractivity contribution in [1.82, 2.24) is 5.16 Å². The van der Waals surface area contributed by atoms with E-state index >= 15 is 0 Å². The number of ether oxygens (including phenoxy) is 1. The van der Waals surface area contributed by atoms with Gasteiger partial charge in [0.25, 0.3) is 0 Å². The Morgan fingerprint density at radius 3 is 2.78 bits per heavy atom. The van der Waals surface area contributed by atoms with Gasteiger partial charge in [-0.15, -0.1) is 0 Å². The first-order valence-electron chi connectivity index (χ1n) is 5.20. The summed E-state index contributed by atoms with van der Waals surface area (Å²) in [4.78, 5) is 11.9. The second-order valence-corrected chi connectivity index (χ2v) is 3.93. The number of carbonyl (C=O) groups excluding carboxylic acids is 1. The topological polar surface area (TPSA) is 117 Å². The third kappa shape index (κ3) is 3.04. The molecule has 0 spiro atoms. The SMILES string of the molecule is CCOC(=O)c1noc(C)c1/C(CC(N)=S)=N\N. The van der Waals surface area contributed by atoms with Crippen LogP contribution in [0, 0.1) is 6.92 Å². The van der Waals surface area contributed by atoms with E-state index in [2.05, 4.69) is 10.3 Å². The summed E-state index contributed by atoms with van der Waals surface area (Å²) in [5.41, 5.74) is 6.18. The molecule has 1 rings (SSSR count). The highest BCUT2D eigenvalue weighted by atomic mass is 32.1. The first kappa shape index (κ1) is 14.1. The maximum Gasteiger partial charge on any atom is 0.361 e. The zero-order valence-corrected chi connectivity index (χ0v) is 10.9. The van der Waals surface area contributed by atoms with Gasteiger partial charge in [0.2, 0.25) is 5.69 Å². The summed E-state index contributed by atoms with van der Waals surface area (Å²) in [5.74, 6) is 5.07. The van der Waals surface area contributed by atoms with Gasteiger partial charge in [-0.05, 0) is 13.8 Å². The number of carbonyl (C=O) groups is 1. The second kappa shape index (κ2) is 6.10. The van der Waals surface area contributed by atoms with Gasteiger partial charge in [0, 0.05) is 6.42 Å². The van der Waals surface area contributed by atoms with Crippen molar-refractivity contribution in [2.24, 2.45) is 16.7 Å². The summed E-state index contributed by atoms with van der Waals surface area (Å²) in [5, 5.41) is 7.22. The Balaban J connectivity index is 3.18. The van der Waals surface area contributed by atoms with E-state index in [1.165, 1.54) is 0 Å². The van der Waals surface area contributed by atoms with E-state index in [4.69, 9.17) is 33.1 Å². The van der Waals surface area contributed by atoms with Crippen molar-refractivity contribution >= 4 is 28.9 Å². The van der Waals surface area contributed by atoms with E-state index in [9.17, 15) is 4.79 Å². The van der Waals surface area contributed by atoms with Gasteiger partial charge < -0.3 is 20.8 Å². The predicted molar refractivity (Wildman–Crippen MR) is 69.3 cm³/mol. The van der Waals surface area contributed by atoms with Crippen molar-refractivity contribution in [2.75, 3.05) is 6.61 Å². The number of rotatable bonds is 5. The Morgan fingerprint density at radius 2 is 2.28 bits per heavy atom. The minimum Gasteiger partial charge on any atom is -0.461 e. The summed E-state index contributed by atoms with van der Waals surface area (Å²) >= 11 is 4.79. The smallest absolute Gasteiger partial charge is 0.361 e. The fourth-order valence-electron chi connectivity index (χ4n) is 1.41. The Kier molecular flexibility index (Phi) is 4.78. The molecule has 0 bridgehead atoms. The number of aryl methyl sites for hydroxylation is 1. The van der Waals surface area contributed by atoms with E-state index in [0.29, 0.717) is 17.0 Å². The molecular weight excluding hydrogens is 256 g/mol. The lowest BCUT2D eigenvalue weighted by Crippen LogP contribution is -2.19. The van der Waals surface area contributed by atoms with Crippen LogP contribution in [0.15, 0.2) is 9.62 Å². The standard InChI is InChI=1S/C10H14N4O3S/c1-3-16-10(15)9-8(5(2)17-14-9)6(13-12)4-7(11)18/h3-4,12H2,1-2H3,(H2,11,18)/b13-6-. The molecule has 0 fully saturated rings. The predicted octanol–water partition coefficient (Wildman–Crippen LogP) is 0.499. The van der Waals surface area contributed by atoms with Gasteiger partial charge in [-0.1, -0.05) is 17.4 Å². The quantitative estimate of drug-likeness (QED) is 0.263. The summed E-state index contributed by atoms with van der Waals surface area (Å²) in [6.07, 6.45) is 0.153. The van der Waals surface area contributed by atoms with Gasteiger partial charge in [-0.25, -0.2) is 4.79 Å². The van der Waals surface area contributed by atoms with Crippen LogP contribution in [0.2, 0.25) is 0 Å². The van der Waals surface area contributed by atoms with Crippen LogP contribution in [0.25, 0.3) is 0 Å². The van der Waals surface area contributed by atoms with Crippen LogP contribution < -0.4 is 11.6 Å². The van der Waals surface area contributed by atoms with Crippen molar-refractivity contribution in [3.05, 3.63) is 17.0 Å².